The molecule has 0 bridgehead atoms. The number of hydrogen-bond acceptors (Lipinski definition) is 3. The fourth-order valence-electron chi connectivity index (χ4n) is 3.71. The Bertz CT molecular complexity index is 770. The van der Waals surface area contributed by atoms with Crippen LogP contribution in [-0.4, -0.2) is 29.1 Å². The van der Waals surface area contributed by atoms with E-state index < -0.39 is 14.7 Å². The van der Waals surface area contributed by atoms with Gasteiger partial charge in [-0.2, -0.15) is 0 Å². The zero-order valence-electron chi connectivity index (χ0n) is 16.6. The van der Waals surface area contributed by atoms with Crippen molar-refractivity contribution in [2.75, 3.05) is 13.1 Å². The quantitative estimate of drug-likeness (QED) is 0.570. The van der Waals surface area contributed by atoms with Crippen molar-refractivity contribution < 1.29 is 8.78 Å². The molecule has 2 heterocycles. The Morgan fingerprint density at radius 2 is 2.11 bits per heavy atom. The first-order valence-electron chi connectivity index (χ1n) is 9.55. The molecule has 0 saturated carbocycles. The lowest BCUT2D eigenvalue weighted by Gasteiger charge is -2.39. The van der Waals surface area contributed by atoms with E-state index in [9.17, 15) is 8.78 Å². The molecule has 1 aliphatic heterocycles. The minimum Gasteiger partial charge on any atom is -0.298 e. The van der Waals surface area contributed by atoms with Gasteiger partial charge in [0.05, 0.1) is 0 Å². The van der Waals surface area contributed by atoms with Gasteiger partial charge in [0, 0.05) is 29.7 Å². The fraction of sp³-hybridized carbons (Fsp3) is 0.571. The first-order valence-corrected chi connectivity index (χ1v) is 11.4. The lowest BCUT2D eigenvalue weighted by Crippen LogP contribution is -2.39. The smallest absolute Gasteiger partial charge is 0.256 e. The third-order valence-corrected chi connectivity index (χ3v) is 7.31. The van der Waals surface area contributed by atoms with Crippen molar-refractivity contribution in [3.05, 3.63) is 34.8 Å². The van der Waals surface area contributed by atoms with Crippen LogP contribution in [0.2, 0.25) is 0 Å². The normalized spacial score (nSPS) is 19.4. The highest BCUT2D eigenvalue weighted by molar-refractivity contribution is 7.48. The average Bonchev–Trinajstić information content (AvgIpc) is 3.04. The second-order valence-electron chi connectivity index (χ2n) is 8.57. The number of aromatic nitrogens is 1. The molecule has 6 heteroatoms. The monoisotopic (exact) mass is 410 g/mol. The van der Waals surface area contributed by atoms with Crippen molar-refractivity contribution in [3.63, 3.8) is 0 Å². The van der Waals surface area contributed by atoms with Crippen molar-refractivity contribution in [3.8, 4) is 10.6 Å². The van der Waals surface area contributed by atoms with Crippen LogP contribution < -0.4 is 5.30 Å². The van der Waals surface area contributed by atoms with Gasteiger partial charge in [-0.3, -0.25) is 4.90 Å². The summed E-state index contributed by atoms with van der Waals surface area (Å²) in [5.74, 6) is 0.717. The van der Waals surface area contributed by atoms with Crippen LogP contribution in [0.4, 0.5) is 8.78 Å². The highest BCUT2D eigenvalue weighted by Gasteiger charge is 2.29. The maximum absolute atomic E-state index is 13.0. The van der Waals surface area contributed by atoms with E-state index in [1.54, 1.807) is 11.3 Å². The molecule has 1 aromatic heterocycles. The molecule has 0 N–H and O–H groups in total. The molecule has 2 aromatic rings. The van der Waals surface area contributed by atoms with Crippen LogP contribution in [-0.2, 0) is 6.54 Å². The second kappa shape index (κ2) is 8.63. The highest BCUT2D eigenvalue weighted by Crippen LogP contribution is 2.35. The maximum Gasteiger partial charge on any atom is 0.256 e. The average molecular weight is 411 g/mol. The first-order chi connectivity index (χ1) is 12.7. The number of aryl methyl sites for hydroxylation is 1. The van der Waals surface area contributed by atoms with Crippen LogP contribution >= 0.6 is 19.9 Å². The molecule has 3 rings (SSSR count). The van der Waals surface area contributed by atoms with Gasteiger partial charge in [0.25, 0.3) is 6.17 Å². The number of benzene rings is 1. The number of alkyl halides is 2. The Morgan fingerprint density at radius 1 is 1.33 bits per heavy atom. The van der Waals surface area contributed by atoms with E-state index in [1.807, 2.05) is 31.3 Å². The van der Waals surface area contributed by atoms with Gasteiger partial charge in [0.1, 0.15) is 5.01 Å². The van der Waals surface area contributed by atoms with E-state index in [-0.39, 0.29) is 0 Å². The van der Waals surface area contributed by atoms with Gasteiger partial charge in [-0.15, -0.1) is 11.3 Å². The summed E-state index contributed by atoms with van der Waals surface area (Å²) in [6.45, 7) is 12.1. The number of likely N-dealkylation sites (tertiary alicyclic amines) is 1. The molecule has 1 fully saturated rings. The van der Waals surface area contributed by atoms with Crippen LogP contribution in [0, 0.1) is 18.3 Å². The van der Waals surface area contributed by atoms with Crippen molar-refractivity contribution in [2.24, 2.45) is 11.3 Å². The van der Waals surface area contributed by atoms with Crippen molar-refractivity contribution in [2.45, 2.75) is 53.2 Å². The van der Waals surface area contributed by atoms with E-state index in [2.05, 4.69) is 30.7 Å². The molecule has 1 aromatic carbocycles. The summed E-state index contributed by atoms with van der Waals surface area (Å²) < 4.78 is 25.9. The summed E-state index contributed by atoms with van der Waals surface area (Å²) in [7, 11) is -0.491. The summed E-state index contributed by atoms with van der Waals surface area (Å²) in [5.41, 5.74) is 2.29. The van der Waals surface area contributed by atoms with Gasteiger partial charge in [0.2, 0.25) is 0 Å². The molecule has 0 spiro atoms. The standard InChI is InChI=1S/C21H29F2N2PS/c1-14-7-8-18(26-20(22)23)17(10-14)19-24-11-16(27-19)13-25-9-5-6-15(12-25)21(2,3)4/h7-8,10-11,15,20,26H,5-6,9,12-13H2,1-4H3. The number of piperidine rings is 1. The van der Waals surface area contributed by atoms with E-state index in [0.717, 1.165) is 35.8 Å². The largest absolute Gasteiger partial charge is 0.298 e. The van der Waals surface area contributed by atoms with Crippen LogP contribution in [0.1, 0.15) is 44.1 Å². The molecule has 0 aliphatic carbocycles. The summed E-state index contributed by atoms with van der Waals surface area (Å²) >= 11 is 1.65. The van der Waals surface area contributed by atoms with Gasteiger partial charge >= 0.3 is 0 Å². The number of thiazole rings is 1. The van der Waals surface area contributed by atoms with Crippen LogP contribution in [0.5, 0.6) is 0 Å². The molecule has 0 radical (unpaired) electrons. The summed E-state index contributed by atoms with van der Waals surface area (Å²) in [4.78, 5) is 8.32. The molecule has 1 saturated heterocycles. The van der Waals surface area contributed by atoms with Crippen molar-refractivity contribution >= 4 is 25.2 Å². The van der Waals surface area contributed by atoms with E-state index >= 15 is 0 Å². The van der Waals surface area contributed by atoms with Gasteiger partial charge in [0.15, 0.2) is 0 Å². The topological polar surface area (TPSA) is 16.1 Å². The van der Waals surface area contributed by atoms with Crippen LogP contribution in [0.3, 0.4) is 0 Å². The van der Waals surface area contributed by atoms with Crippen molar-refractivity contribution in [1.29, 1.82) is 0 Å². The number of rotatable bonds is 5. The first kappa shape index (κ1) is 20.8. The lowest BCUT2D eigenvalue weighted by atomic mass is 9.76. The zero-order valence-corrected chi connectivity index (χ0v) is 18.4. The molecule has 0 amide bonds. The minimum atomic E-state index is -2.31. The Hall–Kier alpha value is -0.900. The van der Waals surface area contributed by atoms with Gasteiger partial charge < -0.3 is 0 Å². The Balaban J connectivity index is 1.75. The maximum atomic E-state index is 13.0. The number of hydrogen-bond donors (Lipinski definition) is 0. The van der Waals surface area contributed by atoms with E-state index in [1.165, 1.54) is 17.7 Å². The second-order valence-corrected chi connectivity index (χ2v) is 10.9. The molecule has 2 unspecified atom stereocenters. The highest BCUT2D eigenvalue weighted by atomic mass is 32.1. The van der Waals surface area contributed by atoms with Gasteiger partial charge in [-0.1, -0.05) is 38.5 Å². The van der Waals surface area contributed by atoms with Gasteiger partial charge in [-0.05, 0) is 57.6 Å². The summed E-state index contributed by atoms with van der Waals surface area (Å²) in [5, 5.41) is 1.57. The Labute approximate surface area is 167 Å². The molecule has 148 valence electrons. The Morgan fingerprint density at radius 3 is 2.81 bits per heavy atom. The van der Waals surface area contributed by atoms with Crippen LogP contribution in [0.25, 0.3) is 10.6 Å². The lowest BCUT2D eigenvalue weighted by molar-refractivity contribution is 0.0950. The molecule has 2 atom stereocenters. The SMILES string of the molecule is Cc1ccc(PC(F)F)c(-c2ncc(CN3CCCC(C(C)(C)C)C3)s2)c1. The van der Waals surface area contributed by atoms with E-state index in [0.29, 0.717) is 16.6 Å². The zero-order chi connectivity index (χ0) is 19.6. The molecular weight excluding hydrogens is 381 g/mol. The Kier molecular flexibility index (Phi) is 6.66. The molecule has 27 heavy (non-hydrogen) atoms. The van der Waals surface area contributed by atoms with Gasteiger partial charge in [-0.25, -0.2) is 13.8 Å². The van der Waals surface area contributed by atoms with Crippen molar-refractivity contribution in [1.82, 2.24) is 9.88 Å². The fourth-order valence-corrected chi connectivity index (χ4v) is 5.55. The molecule has 1 aliphatic rings. The number of halogens is 2. The van der Waals surface area contributed by atoms with E-state index in [4.69, 9.17) is 0 Å². The third kappa shape index (κ3) is 5.56. The number of nitrogens with zero attached hydrogens (tertiary/aromatic N) is 2. The third-order valence-electron chi connectivity index (χ3n) is 5.33. The minimum absolute atomic E-state index is 0.337. The summed E-state index contributed by atoms with van der Waals surface area (Å²) in [6.07, 6.45) is 2.16. The van der Waals surface area contributed by atoms with Crippen LogP contribution in [0.15, 0.2) is 24.4 Å². The molecule has 2 nitrogen and oxygen atoms in total. The predicted molar refractivity (Wildman–Crippen MR) is 114 cm³/mol. The predicted octanol–water partition coefficient (Wildman–Crippen LogP) is 5.90. The molecular formula is C21H29F2N2PS. The summed E-state index contributed by atoms with van der Waals surface area (Å²) in [6, 6.07) is 5.72.